The average Bonchev–Trinajstić information content (AvgIpc) is 2.35. The minimum absolute atomic E-state index is 0.265. The van der Waals surface area contributed by atoms with Crippen molar-refractivity contribution in [1.29, 1.82) is 0 Å². The molecule has 0 radical (unpaired) electrons. The molecule has 0 aromatic heterocycles. The van der Waals surface area contributed by atoms with Gasteiger partial charge in [-0.2, -0.15) is 0 Å². The Morgan fingerprint density at radius 1 is 1.60 bits per heavy atom. The number of ether oxygens (including phenoxy) is 1. The summed E-state index contributed by atoms with van der Waals surface area (Å²) in [5, 5.41) is 2.84. The molecular formula is C6H11F2NO. The summed E-state index contributed by atoms with van der Waals surface area (Å²) in [7, 11) is 1.33. The molecule has 0 aromatic carbocycles. The molecule has 2 nitrogen and oxygen atoms in total. The van der Waals surface area contributed by atoms with E-state index in [1.165, 1.54) is 7.11 Å². The molecule has 1 unspecified atom stereocenters. The zero-order chi connectivity index (χ0) is 7.61. The Labute approximate surface area is 58.6 Å². The quantitative estimate of drug-likeness (QED) is 0.625. The topological polar surface area (TPSA) is 21.3 Å². The van der Waals surface area contributed by atoms with Crippen LogP contribution in [-0.2, 0) is 4.74 Å². The van der Waals surface area contributed by atoms with Gasteiger partial charge in [-0.05, 0) is 13.0 Å². The molecule has 0 aromatic rings. The predicted molar refractivity (Wildman–Crippen MR) is 33.2 cm³/mol. The highest BCUT2D eigenvalue weighted by atomic mass is 19.3. The van der Waals surface area contributed by atoms with Gasteiger partial charge in [0.15, 0.2) is 0 Å². The Balaban J connectivity index is 2.58. The van der Waals surface area contributed by atoms with Gasteiger partial charge in [0.2, 0.25) is 0 Å². The van der Waals surface area contributed by atoms with Crippen molar-refractivity contribution in [3.8, 4) is 0 Å². The minimum atomic E-state index is -2.38. The number of rotatable bonds is 2. The summed E-state index contributed by atoms with van der Waals surface area (Å²) in [6, 6.07) is 0. The van der Waals surface area contributed by atoms with Crippen molar-refractivity contribution in [2.75, 3.05) is 20.2 Å². The van der Waals surface area contributed by atoms with Gasteiger partial charge in [0.1, 0.15) is 5.60 Å². The molecule has 1 fully saturated rings. The van der Waals surface area contributed by atoms with Crippen molar-refractivity contribution in [3.63, 3.8) is 0 Å². The maximum absolute atomic E-state index is 12.2. The largest absolute Gasteiger partial charge is 0.371 e. The molecule has 1 N–H and O–H groups in total. The van der Waals surface area contributed by atoms with Crippen LogP contribution in [0.5, 0.6) is 0 Å². The van der Waals surface area contributed by atoms with Crippen LogP contribution in [0, 0.1) is 0 Å². The first-order valence-corrected chi connectivity index (χ1v) is 3.25. The fraction of sp³-hybridized carbons (Fsp3) is 1.00. The van der Waals surface area contributed by atoms with Gasteiger partial charge in [-0.1, -0.05) is 0 Å². The number of methoxy groups -OCH3 is 1. The van der Waals surface area contributed by atoms with Gasteiger partial charge < -0.3 is 10.1 Å². The Hall–Kier alpha value is -0.220. The predicted octanol–water partition coefficient (Wildman–Crippen LogP) is 0.630. The smallest absolute Gasteiger partial charge is 0.268 e. The zero-order valence-corrected chi connectivity index (χ0v) is 5.86. The third kappa shape index (κ3) is 1.13. The van der Waals surface area contributed by atoms with Crippen molar-refractivity contribution in [2.24, 2.45) is 0 Å². The van der Waals surface area contributed by atoms with Crippen molar-refractivity contribution in [2.45, 2.75) is 18.4 Å². The average molecular weight is 151 g/mol. The fourth-order valence-electron chi connectivity index (χ4n) is 1.14. The highest BCUT2D eigenvalue weighted by molar-refractivity contribution is 4.91. The van der Waals surface area contributed by atoms with E-state index >= 15 is 0 Å². The lowest BCUT2D eigenvalue weighted by molar-refractivity contribution is -0.107. The fourth-order valence-corrected chi connectivity index (χ4v) is 1.14. The van der Waals surface area contributed by atoms with Crippen LogP contribution in [0.4, 0.5) is 8.78 Å². The molecule has 0 aliphatic carbocycles. The lowest BCUT2D eigenvalue weighted by Gasteiger charge is -2.24. The number of alkyl halides is 2. The Morgan fingerprint density at radius 3 is 2.50 bits per heavy atom. The van der Waals surface area contributed by atoms with E-state index in [0.717, 1.165) is 0 Å². The van der Waals surface area contributed by atoms with Crippen LogP contribution in [0.15, 0.2) is 0 Å². The monoisotopic (exact) mass is 151 g/mol. The summed E-state index contributed by atoms with van der Waals surface area (Å²) in [5.41, 5.74) is -1.21. The maximum Gasteiger partial charge on any atom is 0.268 e. The molecule has 0 saturated carbocycles. The van der Waals surface area contributed by atoms with E-state index in [2.05, 4.69) is 5.32 Å². The van der Waals surface area contributed by atoms with Crippen LogP contribution < -0.4 is 5.32 Å². The SMILES string of the molecule is COC1(C(F)F)CCNC1. The lowest BCUT2D eigenvalue weighted by Crippen LogP contribution is -2.41. The zero-order valence-electron chi connectivity index (χ0n) is 5.86. The third-order valence-corrected chi connectivity index (χ3v) is 1.95. The summed E-state index contributed by atoms with van der Waals surface area (Å²) in [6.07, 6.45) is -1.98. The van der Waals surface area contributed by atoms with Crippen molar-refractivity contribution in [3.05, 3.63) is 0 Å². The van der Waals surface area contributed by atoms with E-state index in [1.807, 2.05) is 0 Å². The van der Waals surface area contributed by atoms with Crippen molar-refractivity contribution >= 4 is 0 Å². The first kappa shape index (κ1) is 7.88. The Bertz CT molecular complexity index is 112. The van der Waals surface area contributed by atoms with Gasteiger partial charge in [0.25, 0.3) is 6.43 Å². The number of nitrogens with one attached hydrogen (secondary N) is 1. The molecule has 4 heteroatoms. The first-order chi connectivity index (χ1) is 4.71. The molecule has 1 rings (SSSR count). The highest BCUT2D eigenvalue weighted by Crippen LogP contribution is 2.26. The standard InChI is InChI=1S/C6H11F2NO/c1-10-6(5(7)8)2-3-9-4-6/h5,9H,2-4H2,1H3. The lowest BCUT2D eigenvalue weighted by atomic mass is 10.0. The molecular weight excluding hydrogens is 140 g/mol. The van der Waals surface area contributed by atoms with E-state index in [4.69, 9.17) is 4.74 Å². The molecule has 1 aliphatic rings. The van der Waals surface area contributed by atoms with Gasteiger partial charge in [-0.3, -0.25) is 0 Å². The second-order valence-corrected chi connectivity index (χ2v) is 2.50. The Morgan fingerprint density at radius 2 is 2.30 bits per heavy atom. The normalized spacial score (nSPS) is 33.6. The number of halogens is 2. The van der Waals surface area contributed by atoms with Crippen LogP contribution in [-0.4, -0.2) is 32.2 Å². The van der Waals surface area contributed by atoms with E-state index in [0.29, 0.717) is 13.0 Å². The van der Waals surface area contributed by atoms with E-state index in [1.54, 1.807) is 0 Å². The molecule has 10 heavy (non-hydrogen) atoms. The summed E-state index contributed by atoms with van der Waals surface area (Å²) in [6.45, 7) is 0.888. The van der Waals surface area contributed by atoms with Gasteiger partial charge in [-0.25, -0.2) is 8.78 Å². The number of hydrogen-bond acceptors (Lipinski definition) is 2. The summed E-state index contributed by atoms with van der Waals surface area (Å²) in [5.74, 6) is 0. The van der Waals surface area contributed by atoms with E-state index in [-0.39, 0.29) is 6.54 Å². The van der Waals surface area contributed by atoms with Gasteiger partial charge in [0, 0.05) is 13.7 Å². The van der Waals surface area contributed by atoms with Crippen LogP contribution in [0.25, 0.3) is 0 Å². The second kappa shape index (κ2) is 2.80. The van der Waals surface area contributed by atoms with Crippen molar-refractivity contribution in [1.82, 2.24) is 5.32 Å². The molecule has 1 aliphatic heterocycles. The van der Waals surface area contributed by atoms with Gasteiger partial charge in [0.05, 0.1) is 0 Å². The van der Waals surface area contributed by atoms with Crippen LogP contribution in [0.1, 0.15) is 6.42 Å². The maximum atomic E-state index is 12.2. The van der Waals surface area contributed by atoms with E-state index < -0.39 is 12.0 Å². The second-order valence-electron chi connectivity index (χ2n) is 2.50. The van der Waals surface area contributed by atoms with Crippen LogP contribution >= 0.6 is 0 Å². The summed E-state index contributed by atoms with van der Waals surface area (Å²) in [4.78, 5) is 0. The molecule has 0 amide bonds. The minimum Gasteiger partial charge on any atom is -0.371 e. The van der Waals surface area contributed by atoms with Crippen molar-refractivity contribution < 1.29 is 13.5 Å². The molecule has 0 spiro atoms. The molecule has 1 saturated heterocycles. The Kier molecular flexibility index (Phi) is 2.21. The van der Waals surface area contributed by atoms with Crippen LogP contribution in [0.3, 0.4) is 0 Å². The highest BCUT2D eigenvalue weighted by Gasteiger charge is 2.42. The first-order valence-electron chi connectivity index (χ1n) is 3.25. The molecule has 0 bridgehead atoms. The summed E-state index contributed by atoms with van der Waals surface area (Å²) < 4.78 is 29.2. The molecule has 60 valence electrons. The molecule has 1 atom stereocenters. The number of hydrogen-bond donors (Lipinski definition) is 1. The van der Waals surface area contributed by atoms with E-state index in [9.17, 15) is 8.78 Å². The van der Waals surface area contributed by atoms with Gasteiger partial charge in [-0.15, -0.1) is 0 Å². The summed E-state index contributed by atoms with van der Waals surface area (Å²) >= 11 is 0. The van der Waals surface area contributed by atoms with Gasteiger partial charge >= 0.3 is 0 Å². The molecule has 1 heterocycles. The van der Waals surface area contributed by atoms with Crippen LogP contribution in [0.2, 0.25) is 0 Å². The third-order valence-electron chi connectivity index (χ3n) is 1.95.